The summed E-state index contributed by atoms with van der Waals surface area (Å²) in [5.41, 5.74) is 6.63. The molecule has 0 heterocycles. The topological polar surface area (TPSA) is 26.0 Å². The van der Waals surface area contributed by atoms with Crippen LogP contribution in [-0.2, 0) is 0 Å². The summed E-state index contributed by atoms with van der Waals surface area (Å²) in [4.78, 5) is 0. The second kappa shape index (κ2) is 2.88. The van der Waals surface area contributed by atoms with E-state index in [1.807, 2.05) is 0 Å². The summed E-state index contributed by atoms with van der Waals surface area (Å²) in [5, 5.41) is 0. The molecule has 0 saturated heterocycles. The molecule has 0 aromatic heterocycles. The fraction of sp³-hybridized carbons (Fsp3) is 1.00. The molecular formula is C10H20ClN. The maximum atomic E-state index is 6.02. The van der Waals surface area contributed by atoms with Crippen molar-refractivity contribution in [1.82, 2.24) is 0 Å². The first-order valence-electron chi connectivity index (χ1n) is 4.79. The van der Waals surface area contributed by atoms with Crippen molar-refractivity contribution in [2.24, 2.45) is 28.9 Å². The lowest BCUT2D eigenvalue weighted by Crippen LogP contribution is -2.58. The molecule has 2 N–H and O–H groups in total. The van der Waals surface area contributed by atoms with E-state index in [1.54, 1.807) is 0 Å². The molecule has 3 fully saturated rings. The average molecular weight is 190 g/mol. The van der Waals surface area contributed by atoms with Gasteiger partial charge in [-0.1, -0.05) is 20.8 Å². The van der Waals surface area contributed by atoms with Crippen LogP contribution in [0.25, 0.3) is 0 Å². The number of nitrogens with two attached hydrogens (primary N) is 1. The molecule has 3 rings (SSSR count). The lowest BCUT2D eigenvalue weighted by atomic mass is 9.45. The molecule has 0 aromatic carbocycles. The highest BCUT2D eigenvalue weighted by atomic mass is 35.5. The third-order valence-corrected chi connectivity index (χ3v) is 4.41. The van der Waals surface area contributed by atoms with E-state index in [0.29, 0.717) is 11.5 Å². The second-order valence-corrected chi connectivity index (χ2v) is 5.12. The van der Waals surface area contributed by atoms with Crippen LogP contribution < -0.4 is 5.73 Å². The molecule has 2 bridgehead atoms. The van der Waals surface area contributed by atoms with Crippen LogP contribution in [0.2, 0.25) is 0 Å². The van der Waals surface area contributed by atoms with E-state index in [2.05, 4.69) is 20.8 Å². The molecular weight excluding hydrogens is 170 g/mol. The van der Waals surface area contributed by atoms with Gasteiger partial charge in [-0.3, -0.25) is 0 Å². The number of halogens is 1. The van der Waals surface area contributed by atoms with Gasteiger partial charge in [0, 0.05) is 6.04 Å². The van der Waals surface area contributed by atoms with Crippen molar-refractivity contribution < 1.29 is 0 Å². The van der Waals surface area contributed by atoms with Gasteiger partial charge in [-0.15, -0.1) is 12.4 Å². The van der Waals surface area contributed by atoms with Crippen molar-refractivity contribution >= 4 is 12.4 Å². The van der Waals surface area contributed by atoms with Crippen LogP contribution in [0.1, 0.15) is 33.6 Å². The summed E-state index contributed by atoms with van der Waals surface area (Å²) in [6.07, 6.45) is 2.71. The van der Waals surface area contributed by atoms with E-state index in [-0.39, 0.29) is 12.4 Å². The van der Waals surface area contributed by atoms with Crippen LogP contribution in [0.15, 0.2) is 0 Å². The van der Waals surface area contributed by atoms with E-state index in [0.717, 1.165) is 17.8 Å². The van der Waals surface area contributed by atoms with E-state index in [1.165, 1.54) is 12.8 Å². The molecule has 4 atom stereocenters. The molecule has 72 valence electrons. The van der Waals surface area contributed by atoms with Crippen LogP contribution in [-0.4, -0.2) is 6.04 Å². The Kier molecular flexibility index (Phi) is 2.48. The monoisotopic (exact) mass is 189 g/mol. The molecule has 0 aromatic rings. The van der Waals surface area contributed by atoms with E-state index in [4.69, 9.17) is 5.73 Å². The molecule has 2 heteroatoms. The van der Waals surface area contributed by atoms with Gasteiger partial charge < -0.3 is 5.73 Å². The van der Waals surface area contributed by atoms with Crippen LogP contribution in [0.5, 0.6) is 0 Å². The number of rotatable bonds is 0. The SMILES string of the molecule is C[C@@H]1[C@H]2C[C@@H](C[C@@H]1N)C2(C)C.Cl. The molecule has 3 saturated carbocycles. The summed E-state index contributed by atoms with van der Waals surface area (Å²) >= 11 is 0. The van der Waals surface area contributed by atoms with Gasteiger partial charge in [0.15, 0.2) is 0 Å². The van der Waals surface area contributed by atoms with Crippen LogP contribution >= 0.6 is 12.4 Å². The molecule has 3 aliphatic rings. The zero-order valence-electron chi connectivity index (χ0n) is 8.21. The van der Waals surface area contributed by atoms with Gasteiger partial charge in [-0.25, -0.2) is 0 Å². The first kappa shape index (κ1) is 10.3. The van der Waals surface area contributed by atoms with Crippen molar-refractivity contribution in [2.75, 3.05) is 0 Å². The van der Waals surface area contributed by atoms with Gasteiger partial charge >= 0.3 is 0 Å². The van der Waals surface area contributed by atoms with Gasteiger partial charge in [0.1, 0.15) is 0 Å². The highest BCUT2D eigenvalue weighted by molar-refractivity contribution is 5.85. The Balaban J connectivity index is 0.000000720. The third-order valence-electron chi connectivity index (χ3n) is 4.41. The smallest absolute Gasteiger partial charge is 0.00702 e. The lowest BCUT2D eigenvalue weighted by molar-refractivity contribution is -0.108. The Morgan fingerprint density at radius 2 is 1.83 bits per heavy atom. The number of hydrogen-bond acceptors (Lipinski definition) is 1. The predicted molar refractivity (Wildman–Crippen MR) is 54.4 cm³/mol. The maximum absolute atomic E-state index is 6.02. The minimum atomic E-state index is 0. The standard InChI is InChI=1S/C10H19N.ClH/c1-6-8-4-7(5-9(6)11)10(8,2)3;/h6-9H,4-5,11H2,1-3H3;1H/t6-,7+,8-,9+;/m1./s1. The largest absolute Gasteiger partial charge is 0.327 e. The lowest BCUT2D eigenvalue weighted by Gasteiger charge is -2.61. The van der Waals surface area contributed by atoms with Gasteiger partial charge in [-0.2, -0.15) is 0 Å². The molecule has 1 nitrogen and oxygen atoms in total. The summed E-state index contributed by atoms with van der Waals surface area (Å²) in [6, 6.07) is 0.492. The molecule has 0 radical (unpaired) electrons. The van der Waals surface area contributed by atoms with Crippen LogP contribution in [0, 0.1) is 23.2 Å². The zero-order valence-corrected chi connectivity index (χ0v) is 9.03. The summed E-state index contributed by atoms with van der Waals surface area (Å²) < 4.78 is 0. The Labute approximate surface area is 81.5 Å². The van der Waals surface area contributed by atoms with Gasteiger partial charge in [0.2, 0.25) is 0 Å². The van der Waals surface area contributed by atoms with Crippen molar-refractivity contribution in [1.29, 1.82) is 0 Å². The van der Waals surface area contributed by atoms with Crippen molar-refractivity contribution in [3.8, 4) is 0 Å². The summed E-state index contributed by atoms with van der Waals surface area (Å²) in [7, 11) is 0. The zero-order chi connectivity index (χ0) is 8.22. The Morgan fingerprint density at radius 3 is 2.17 bits per heavy atom. The molecule has 0 aliphatic heterocycles. The third kappa shape index (κ3) is 1.10. The molecule has 0 spiro atoms. The Bertz CT molecular complexity index is 179. The quantitative estimate of drug-likeness (QED) is 0.623. The Morgan fingerprint density at radius 1 is 1.25 bits per heavy atom. The van der Waals surface area contributed by atoms with E-state index >= 15 is 0 Å². The van der Waals surface area contributed by atoms with Gasteiger partial charge in [0.25, 0.3) is 0 Å². The number of hydrogen-bond donors (Lipinski definition) is 1. The average Bonchev–Trinajstić information content (AvgIpc) is 1.93. The molecule has 12 heavy (non-hydrogen) atoms. The highest BCUT2D eigenvalue weighted by Crippen LogP contribution is 2.60. The normalized spacial score (nSPS) is 49.0. The van der Waals surface area contributed by atoms with Gasteiger partial charge in [0.05, 0.1) is 0 Å². The first-order valence-corrected chi connectivity index (χ1v) is 4.79. The maximum Gasteiger partial charge on any atom is 0.00702 e. The molecule has 3 aliphatic carbocycles. The van der Waals surface area contributed by atoms with Gasteiger partial charge in [-0.05, 0) is 36.0 Å². The minimum absolute atomic E-state index is 0. The highest BCUT2D eigenvalue weighted by Gasteiger charge is 2.55. The summed E-state index contributed by atoms with van der Waals surface area (Å²) in [5.74, 6) is 2.60. The van der Waals surface area contributed by atoms with Crippen LogP contribution in [0.4, 0.5) is 0 Å². The fourth-order valence-corrected chi connectivity index (χ4v) is 3.19. The van der Waals surface area contributed by atoms with E-state index in [9.17, 15) is 0 Å². The Hall–Kier alpha value is 0.250. The van der Waals surface area contributed by atoms with Crippen molar-refractivity contribution in [3.63, 3.8) is 0 Å². The fourth-order valence-electron chi connectivity index (χ4n) is 3.19. The van der Waals surface area contributed by atoms with Crippen molar-refractivity contribution in [2.45, 2.75) is 39.7 Å². The molecule has 0 amide bonds. The molecule has 0 unspecified atom stereocenters. The summed E-state index contributed by atoms with van der Waals surface area (Å²) in [6.45, 7) is 7.15. The first-order chi connectivity index (χ1) is 5.03. The van der Waals surface area contributed by atoms with E-state index < -0.39 is 0 Å². The predicted octanol–water partition coefficient (Wildman–Crippen LogP) is 2.44. The van der Waals surface area contributed by atoms with Crippen LogP contribution in [0.3, 0.4) is 0 Å². The second-order valence-electron chi connectivity index (χ2n) is 5.12. The number of fused-ring (bicyclic) bond motifs is 2. The minimum Gasteiger partial charge on any atom is -0.327 e. The van der Waals surface area contributed by atoms with Crippen molar-refractivity contribution in [3.05, 3.63) is 0 Å².